The zero-order valence-corrected chi connectivity index (χ0v) is 13.6. The number of aromatic nitrogens is 1. The third-order valence-electron chi connectivity index (χ3n) is 4.20. The number of rotatable bonds is 7. The molecule has 1 aromatic heterocycles. The Morgan fingerprint density at radius 1 is 1.13 bits per heavy atom. The molecule has 23 heavy (non-hydrogen) atoms. The molecular formula is C19H23N3O. The molecule has 1 heterocycles. The molecule has 0 radical (unpaired) electrons. The molecule has 4 heteroatoms. The van der Waals surface area contributed by atoms with Crippen LogP contribution in [0.4, 0.5) is 5.69 Å². The molecular weight excluding hydrogens is 286 g/mol. The minimum Gasteiger partial charge on any atom is -0.362 e. The number of carbonyl (C=O) groups is 1. The summed E-state index contributed by atoms with van der Waals surface area (Å²) < 4.78 is 0. The van der Waals surface area contributed by atoms with E-state index < -0.39 is 0 Å². The number of benzene rings is 1. The highest BCUT2D eigenvalue weighted by Gasteiger charge is 2.33. The summed E-state index contributed by atoms with van der Waals surface area (Å²) in [6.45, 7) is 3.93. The Labute approximate surface area is 137 Å². The Morgan fingerprint density at radius 3 is 2.48 bits per heavy atom. The van der Waals surface area contributed by atoms with Gasteiger partial charge in [0.2, 0.25) is 5.91 Å². The van der Waals surface area contributed by atoms with Crippen LogP contribution in [0, 0.1) is 0 Å². The smallest absolute Gasteiger partial charge is 0.242 e. The van der Waals surface area contributed by atoms with Crippen molar-refractivity contribution < 1.29 is 4.79 Å². The first-order chi connectivity index (χ1) is 11.3. The third-order valence-corrected chi connectivity index (χ3v) is 4.20. The van der Waals surface area contributed by atoms with Crippen LogP contribution in [0.25, 0.3) is 0 Å². The van der Waals surface area contributed by atoms with Crippen molar-refractivity contribution in [2.45, 2.75) is 32.4 Å². The van der Waals surface area contributed by atoms with Crippen molar-refractivity contribution in [1.29, 1.82) is 0 Å². The van der Waals surface area contributed by atoms with E-state index >= 15 is 0 Å². The lowest BCUT2D eigenvalue weighted by molar-refractivity contribution is -0.131. The monoisotopic (exact) mass is 309 g/mol. The van der Waals surface area contributed by atoms with E-state index in [4.69, 9.17) is 0 Å². The summed E-state index contributed by atoms with van der Waals surface area (Å²) in [5, 5.41) is 0. The molecule has 0 bridgehead atoms. The van der Waals surface area contributed by atoms with Gasteiger partial charge in [0.1, 0.15) is 0 Å². The summed E-state index contributed by atoms with van der Waals surface area (Å²) in [4.78, 5) is 21.3. The molecule has 0 saturated heterocycles. The quantitative estimate of drug-likeness (QED) is 0.788. The Bertz CT molecular complexity index is 626. The summed E-state index contributed by atoms with van der Waals surface area (Å²) >= 11 is 0. The highest BCUT2D eigenvalue weighted by molar-refractivity contribution is 5.82. The van der Waals surface area contributed by atoms with Gasteiger partial charge in [0.05, 0.1) is 18.8 Å². The number of hydrogen-bond donors (Lipinski definition) is 0. The first-order valence-corrected chi connectivity index (χ1v) is 8.27. The van der Waals surface area contributed by atoms with E-state index in [1.807, 2.05) is 41.3 Å². The molecule has 4 nitrogen and oxygen atoms in total. The molecule has 3 rings (SSSR count). The van der Waals surface area contributed by atoms with Crippen molar-refractivity contribution in [1.82, 2.24) is 9.88 Å². The lowest BCUT2D eigenvalue weighted by Gasteiger charge is -2.28. The molecule has 1 aliphatic carbocycles. The molecule has 1 aromatic carbocycles. The van der Waals surface area contributed by atoms with Gasteiger partial charge in [0.25, 0.3) is 0 Å². The standard InChI is InChI=1S/C19H23N3O/c1-2-21(17-9-4-3-5-10-17)15-19(23)22(18-11-12-18)14-16-8-6-7-13-20-16/h3-10,13,18H,2,11-12,14-15H2,1H3. The molecule has 0 spiro atoms. The average Bonchev–Trinajstić information content (AvgIpc) is 3.44. The Morgan fingerprint density at radius 2 is 1.87 bits per heavy atom. The lowest BCUT2D eigenvalue weighted by Crippen LogP contribution is -2.41. The molecule has 0 aliphatic heterocycles. The number of nitrogens with zero attached hydrogens (tertiary/aromatic N) is 3. The van der Waals surface area contributed by atoms with Crippen LogP contribution < -0.4 is 4.90 Å². The van der Waals surface area contributed by atoms with E-state index in [1.54, 1.807) is 6.20 Å². The fourth-order valence-electron chi connectivity index (χ4n) is 2.75. The molecule has 1 fully saturated rings. The van der Waals surface area contributed by atoms with Gasteiger partial charge in [0, 0.05) is 24.5 Å². The zero-order chi connectivity index (χ0) is 16.1. The first kappa shape index (κ1) is 15.5. The summed E-state index contributed by atoms with van der Waals surface area (Å²) in [6.07, 6.45) is 4.00. The van der Waals surface area contributed by atoms with Gasteiger partial charge in [-0.25, -0.2) is 0 Å². The number of pyridine rings is 1. The second-order valence-electron chi connectivity index (χ2n) is 5.92. The number of amides is 1. The van der Waals surface area contributed by atoms with E-state index in [0.29, 0.717) is 19.1 Å². The largest absolute Gasteiger partial charge is 0.362 e. The molecule has 1 aliphatic rings. The van der Waals surface area contributed by atoms with E-state index in [1.165, 1.54) is 0 Å². The fraction of sp³-hybridized carbons (Fsp3) is 0.368. The summed E-state index contributed by atoms with van der Waals surface area (Å²) in [7, 11) is 0. The molecule has 0 atom stereocenters. The average molecular weight is 309 g/mol. The minimum atomic E-state index is 0.184. The maximum Gasteiger partial charge on any atom is 0.242 e. The molecule has 120 valence electrons. The normalized spacial score (nSPS) is 13.6. The van der Waals surface area contributed by atoms with Crippen molar-refractivity contribution in [2.75, 3.05) is 18.0 Å². The fourth-order valence-corrected chi connectivity index (χ4v) is 2.75. The van der Waals surface area contributed by atoms with E-state index in [0.717, 1.165) is 30.8 Å². The van der Waals surface area contributed by atoms with Gasteiger partial charge in [-0.2, -0.15) is 0 Å². The predicted molar refractivity (Wildman–Crippen MR) is 92.1 cm³/mol. The van der Waals surface area contributed by atoms with Crippen molar-refractivity contribution in [3.8, 4) is 0 Å². The number of para-hydroxylation sites is 1. The van der Waals surface area contributed by atoms with Gasteiger partial charge in [-0.1, -0.05) is 24.3 Å². The highest BCUT2D eigenvalue weighted by atomic mass is 16.2. The van der Waals surface area contributed by atoms with Gasteiger partial charge < -0.3 is 9.80 Å². The molecule has 2 aromatic rings. The number of likely N-dealkylation sites (N-methyl/N-ethyl adjacent to an activating group) is 1. The van der Waals surface area contributed by atoms with Crippen LogP contribution in [0.1, 0.15) is 25.5 Å². The number of anilines is 1. The summed E-state index contributed by atoms with van der Waals surface area (Å²) in [5.74, 6) is 0.184. The maximum absolute atomic E-state index is 12.8. The second-order valence-corrected chi connectivity index (χ2v) is 5.92. The lowest BCUT2D eigenvalue weighted by atomic mass is 10.2. The molecule has 1 saturated carbocycles. The van der Waals surface area contributed by atoms with Crippen LogP contribution in [-0.2, 0) is 11.3 Å². The van der Waals surface area contributed by atoms with Gasteiger partial charge in [-0.3, -0.25) is 9.78 Å². The van der Waals surface area contributed by atoms with Gasteiger partial charge in [0.15, 0.2) is 0 Å². The van der Waals surface area contributed by atoms with Crippen LogP contribution in [0.5, 0.6) is 0 Å². The maximum atomic E-state index is 12.8. The Balaban J connectivity index is 1.69. The van der Waals surface area contributed by atoms with Crippen molar-refractivity contribution in [3.05, 3.63) is 60.4 Å². The van der Waals surface area contributed by atoms with E-state index in [-0.39, 0.29) is 5.91 Å². The third kappa shape index (κ3) is 4.09. The van der Waals surface area contributed by atoms with E-state index in [9.17, 15) is 4.79 Å². The first-order valence-electron chi connectivity index (χ1n) is 8.27. The Kier molecular flexibility index (Phi) is 4.91. The second kappa shape index (κ2) is 7.27. The van der Waals surface area contributed by atoms with E-state index in [2.05, 4.69) is 28.9 Å². The Hall–Kier alpha value is -2.36. The van der Waals surface area contributed by atoms with Crippen molar-refractivity contribution >= 4 is 11.6 Å². The van der Waals surface area contributed by atoms with Gasteiger partial charge in [-0.05, 0) is 44.0 Å². The topological polar surface area (TPSA) is 36.4 Å². The SMILES string of the molecule is CCN(CC(=O)N(Cc1ccccn1)C1CC1)c1ccccc1. The molecule has 0 N–H and O–H groups in total. The highest BCUT2D eigenvalue weighted by Crippen LogP contribution is 2.28. The van der Waals surface area contributed by atoms with Gasteiger partial charge in [-0.15, -0.1) is 0 Å². The summed E-state index contributed by atoms with van der Waals surface area (Å²) in [6, 6.07) is 16.4. The van der Waals surface area contributed by atoms with Gasteiger partial charge >= 0.3 is 0 Å². The summed E-state index contributed by atoms with van der Waals surface area (Å²) in [5.41, 5.74) is 2.05. The number of carbonyl (C=O) groups excluding carboxylic acids is 1. The van der Waals surface area contributed by atoms with Crippen LogP contribution in [0.15, 0.2) is 54.7 Å². The van der Waals surface area contributed by atoms with Crippen LogP contribution in [-0.4, -0.2) is 34.9 Å². The van der Waals surface area contributed by atoms with Crippen LogP contribution >= 0.6 is 0 Å². The van der Waals surface area contributed by atoms with Crippen molar-refractivity contribution in [3.63, 3.8) is 0 Å². The van der Waals surface area contributed by atoms with Crippen LogP contribution in [0.3, 0.4) is 0 Å². The molecule has 0 unspecified atom stereocenters. The van der Waals surface area contributed by atoms with Crippen molar-refractivity contribution in [2.24, 2.45) is 0 Å². The number of hydrogen-bond acceptors (Lipinski definition) is 3. The minimum absolute atomic E-state index is 0.184. The van der Waals surface area contributed by atoms with Crippen LogP contribution in [0.2, 0.25) is 0 Å². The molecule has 1 amide bonds. The predicted octanol–water partition coefficient (Wildman–Crippen LogP) is 3.10. The zero-order valence-electron chi connectivity index (χ0n) is 13.6.